The molecule has 0 aromatic carbocycles. The van der Waals surface area contributed by atoms with Gasteiger partial charge in [-0.2, -0.15) is 5.01 Å². The Hall–Kier alpha value is -1.28. The van der Waals surface area contributed by atoms with Crippen LogP contribution in [0.2, 0.25) is 0 Å². The molecule has 7 nitrogen and oxygen atoms in total. The van der Waals surface area contributed by atoms with Crippen molar-refractivity contribution in [1.29, 1.82) is 0 Å². The molecule has 1 unspecified atom stereocenters. The molecule has 160 valence electrons. The van der Waals surface area contributed by atoms with E-state index in [1.807, 2.05) is 14.1 Å². The number of hydrogen-bond donors (Lipinski definition) is 1. The third-order valence-corrected chi connectivity index (χ3v) is 5.83. The van der Waals surface area contributed by atoms with Gasteiger partial charge in [-0.15, -0.1) is 5.10 Å². The van der Waals surface area contributed by atoms with Crippen LogP contribution in [-0.4, -0.2) is 65.6 Å². The molecule has 0 bridgehead atoms. The third kappa shape index (κ3) is 7.62. The van der Waals surface area contributed by atoms with Crippen LogP contribution in [0.4, 0.5) is 4.79 Å². The third-order valence-electron chi connectivity index (χ3n) is 5.02. The van der Waals surface area contributed by atoms with Crippen LogP contribution >= 0.6 is 11.8 Å². The number of ether oxygens (including phenoxy) is 1. The Bertz CT molecular complexity index is 546. The topological polar surface area (TPSA) is 74.2 Å². The summed E-state index contributed by atoms with van der Waals surface area (Å²) in [5.74, 6) is 1.13. The number of hydrazone groups is 1. The lowest BCUT2D eigenvalue weighted by atomic mass is 10.1. The second-order valence-electron chi connectivity index (χ2n) is 8.37. The predicted octanol–water partition coefficient (Wildman–Crippen LogP) is 3.65. The Morgan fingerprint density at radius 2 is 1.93 bits per heavy atom. The summed E-state index contributed by atoms with van der Waals surface area (Å²) in [5.41, 5.74) is 0. The van der Waals surface area contributed by atoms with Crippen LogP contribution in [0.5, 0.6) is 0 Å². The molecule has 2 rings (SSSR count). The van der Waals surface area contributed by atoms with Gasteiger partial charge in [0, 0.05) is 24.8 Å². The maximum atomic E-state index is 12.9. The van der Waals surface area contributed by atoms with Crippen molar-refractivity contribution in [3.63, 3.8) is 0 Å². The van der Waals surface area contributed by atoms with Crippen LogP contribution < -0.4 is 5.32 Å². The van der Waals surface area contributed by atoms with Crippen LogP contribution in [0, 0.1) is 5.92 Å². The van der Waals surface area contributed by atoms with Crippen molar-refractivity contribution in [2.24, 2.45) is 11.0 Å². The van der Waals surface area contributed by atoms with Gasteiger partial charge in [0.1, 0.15) is 0 Å². The minimum absolute atomic E-state index is 0.0864. The number of carbonyl (C=O) groups is 2. The van der Waals surface area contributed by atoms with Crippen molar-refractivity contribution in [3.8, 4) is 0 Å². The standard InChI is InChI=1S/C20H36N4O3S/c1-15(2)11-12-17(25)18-24(22-20(27-18)28-14-13-23(3)4)19(26)21-16-9-7-5-6-8-10-16/h15-16,18H,5-14H2,1-4H3,(H,21,26). The Morgan fingerprint density at radius 3 is 2.54 bits per heavy atom. The van der Waals surface area contributed by atoms with E-state index in [2.05, 4.69) is 29.2 Å². The Morgan fingerprint density at radius 1 is 1.25 bits per heavy atom. The monoisotopic (exact) mass is 412 g/mol. The lowest BCUT2D eigenvalue weighted by Gasteiger charge is -2.23. The first-order valence-electron chi connectivity index (χ1n) is 10.5. The molecule has 8 heteroatoms. The van der Waals surface area contributed by atoms with Crippen LogP contribution in [0.3, 0.4) is 0 Å². The molecule has 0 spiro atoms. The van der Waals surface area contributed by atoms with Gasteiger partial charge in [0.05, 0.1) is 0 Å². The van der Waals surface area contributed by atoms with Gasteiger partial charge in [-0.3, -0.25) is 4.79 Å². The van der Waals surface area contributed by atoms with Gasteiger partial charge in [-0.1, -0.05) is 51.3 Å². The quantitative estimate of drug-likeness (QED) is 0.616. The molecule has 0 saturated heterocycles. The van der Waals surface area contributed by atoms with E-state index in [0.29, 0.717) is 17.6 Å². The minimum atomic E-state index is -0.939. The highest BCUT2D eigenvalue weighted by atomic mass is 32.2. The van der Waals surface area contributed by atoms with Crippen molar-refractivity contribution < 1.29 is 14.3 Å². The van der Waals surface area contributed by atoms with E-state index in [0.717, 1.165) is 44.4 Å². The number of nitrogens with zero attached hydrogens (tertiary/aromatic N) is 3. The summed E-state index contributed by atoms with van der Waals surface area (Å²) in [5, 5.41) is 9.05. The van der Waals surface area contributed by atoms with Crippen molar-refractivity contribution in [2.75, 3.05) is 26.4 Å². The zero-order chi connectivity index (χ0) is 20.5. The summed E-state index contributed by atoms with van der Waals surface area (Å²) >= 11 is 1.44. The average Bonchev–Trinajstić information content (AvgIpc) is 2.89. The molecule has 0 aromatic rings. The fourth-order valence-electron chi connectivity index (χ4n) is 3.26. The second kappa shape index (κ2) is 11.7. The van der Waals surface area contributed by atoms with Gasteiger partial charge >= 0.3 is 6.03 Å². The van der Waals surface area contributed by atoms with Gasteiger partial charge in [0.25, 0.3) is 11.5 Å². The first-order chi connectivity index (χ1) is 13.4. The average molecular weight is 413 g/mol. The van der Waals surface area contributed by atoms with E-state index >= 15 is 0 Å². The molecule has 2 aliphatic rings. The smallest absolute Gasteiger partial charge is 0.341 e. The fourth-order valence-corrected chi connectivity index (χ4v) is 4.20. The lowest BCUT2D eigenvalue weighted by molar-refractivity contribution is -0.131. The van der Waals surface area contributed by atoms with Crippen molar-refractivity contribution >= 4 is 28.8 Å². The zero-order valence-electron chi connectivity index (χ0n) is 17.8. The maximum absolute atomic E-state index is 12.9. The molecule has 1 atom stereocenters. The predicted molar refractivity (Wildman–Crippen MR) is 114 cm³/mol. The number of amides is 2. The summed E-state index contributed by atoms with van der Waals surface area (Å²) in [6.45, 7) is 5.03. The van der Waals surface area contributed by atoms with Gasteiger partial charge in [0.2, 0.25) is 0 Å². The summed E-state index contributed by atoms with van der Waals surface area (Å²) in [4.78, 5) is 27.6. The SMILES string of the molecule is CC(C)CCC(=O)C1OC(SCCN(C)C)=NN1C(=O)NC1CCCCCC1. The highest BCUT2D eigenvalue weighted by Crippen LogP contribution is 2.24. The molecule has 1 heterocycles. The molecule has 1 saturated carbocycles. The number of Topliss-reactive ketones (excluding diaryl/α,β-unsaturated/α-hetero) is 1. The molecule has 1 fully saturated rings. The molecule has 1 aliphatic heterocycles. The molecular weight excluding hydrogens is 376 g/mol. The Labute approximate surface area is 173 Å². The van der Waals surface area contributed by atoms with Crippen LogP contribution in [0.25, 0.3) is 0 Å². The summed E-state index contributed by atoms with van der Waals surface area (Å²) < 4.78 is 5.79. The molecule has 1 aliphatic carbocycles. The second-order valence-corrected chi connectivity index (χ2v) is 9.42. The molecular formula is C20H36N4O3S. The number of thioether (sulfide) groups is 1. The van der Waals surface area contributed by atoms with Crippen molar-refractivity contribution in [3.05, 3.63) is 0 Å². The van der Waals surface area contributed by atoms with Crippen LogP contribution in [0.1, 0.15) is 65.2 Å². The van der Waals surface area contributed by atoms with E-state index in [4.69, 9.17) is 4.74 Å². The van der Waals surface area contributed by atoms with E-state index in [9.17, 15) is 9.59 Å². The van der Waals surface area contributed by atoms with Gasteiger partial charge in [0.15, 0.2) is 5.78 Å². The van der Waals surface area contributed by atoms with E-state index in [1.165, 1.54) is 29.6 Å². The normalized spacial score (nSPS) is 20.9. The molecule has 2 amide bonds. The number of ketones is 1. The molecule has 1 N–H and O–H groups in total. The number of hydrogen-bond acceptors (Lipinski definition) is 6. The maximum Gasteiger partial charge on any atom is 0.341 e. The number of rotatable bonds is 8. The summed E-state index contributed by atoms with van der Waals surface area (Å²) in [6.07, 6.45) is 6.91. The van der Waals surface area contributed by atoms with Gasteiger partial charge in [-0.05, 0) is 39.3 Å². The van der Waals surface area contributed by atoms with Crippen molar-refractivity contribution in [2.45, 2.75) is 77.5 Å². The van der Waals surface area contributed by atoms with Crippen LogP contribution in [0.15, 0.2) is 5.10 Å². The van der Waals surface area contributed by atoms with Crippen molar-refractivity contribution in [1.82, 2.24) is 15.2 Å². The number of urea groups is 1. The first kappa shape index (κ1) is 23.0. The number of carbonyl (C=O) groups excluding carboxylic acids is 2. The van der Waals surface area contributed by atoms with E-state index in [1.54, 1.807) is 0 Å². The first-order valence-corrected chi connectivity index (χ1v) is 11.5. The minimum Gasteiger partial charge on any atom is -0.438 e. The summed E-state index contributed by atoms with van der Waals surface area (Å²) in [6, 6.07) is -0.167. The van der Waals surface area contributed by atoms with E-state index in [-0.39, 0.29) is 17.9 Å². The highest BCUT2D eigenvalue weighted by Gasteiger charge is 2.38. The lowest BCUT2D eigenvalue weighted by Crippen LogP contribution is -2.48. The zero-order valence-corrected chi connectivity index (χ0v) is 18.6. The number of nitrogens with one attached hydrogen (secondary N) is 1. The van der Waals surface area contributed by atoms with Crippen LogP contribution in [-0.2, 0) is 9.53 Å². The highest BCUT2D eigenvalue weighted by molar-refractivity contribution is 8.13. The fraction of sp³-hybridized carbons (Fsp3) is 0.850. The Balaban J connectivity index is 2.00. The van der Waals surface area contributed by atoms with E-state index < -0.39 is 6.23 Å². The van der Waals surface area contributed by atoms with Gasteiger partial charge < -0.3 is 15.0 Å². The molecule has 28 heavy (non-hydrogen) atoms. The molecule has 0 radical (unpaired) electrons. The largest absolute Gasteiger partial charge is 0.438 e. The summed E-state index contributed by atoms with van der Waals surface area (Å²) in [7, 11) is 4.01. The van der Waals surface area contributed by atoms with Gasteiger partial charge in [-0.25, -0.2) is 4.79 Å². The Kier molecular flexibility index (Phi) is 9.58. The molecule has 0 aromatic heterocycles.